The molecule has 150 valence electrons. The van der Waals surface area contributed by atoms with Gasteiger partial charge in [0.2, 0.25) is 11.8 Å². The number of hydrogen-bond donors (Lipinski definition) is 1. The Morgan fingerprint density at radius 1 is 1.11 bits per heavy atom. The lowest BCUT2D eigenvalue weighted by atomic mass is 10.1. The summed E-state index contributed by atoms with van der Waals surface area (Å²) < 4.78 is 0. The summed E-state index contributed by atoms with van der Waals surface area (Å²) in [6, 6.07) is 14.8. The maximum atomic E-state index is 13.2. The molecule has 2 amide bonds. The summed E-state index contributed by atoms with van der Waals surface area (Å²) in [6.45, 7) is 8.16. The first-order valence-corrected chi connectivity index (χ1v) is 10.1. The normalized spacial score (nSPS) is 11.9. The van der Waals surface area contributed by atoms with E-state index in [0.29, 0.717) is 18.0 Å². The van der Waals surface area contributed by atoms with Crippen LogP contribution in [0.15, 0.2) is 48.5 Å². The Morgan fingerprint density at radius 2 is 1.82 bits per heavy atom. The highest BCUT2D eigenvalue weighted by Gasteiger charge is 2.29. The van der Waals surface area contributed by atoms with Gasteiger partial charge in [-0.25, -0.2) is 0 Å². The van der Waals surface area contributed by atoms with Crippen LogP contribution in [0, 0.1) is 6.92 Å². The molecular formula is C23H29ClN2O2. The van der Waals surface area contributed by atoms with Crippen molar-refractivity contribution < 1.29 is 9.59 Å². The van der Waals surface area contributed by atoms with Gasteiger partial charge < -0.3 is 10.2 Å². The fraction of sp³-hybridized carbons (Fsp3) is 0.391. The lowest BCUT2D eigenvalue weighted by Crippen LogP contribution is -2.50. The average molecular weight is 401 g/mol. The second kappa shape index (κ2) is 10.3. The fourth-order valence-electron chi connectivity index (χ4n) is 3.21. The Kier molecular flexibility index (Phi) is 8.06. The predicted octanol–water partition coefficient (Wildman–Crippen LogP) is 4.52. The van der Waals surface area contributed by atoms with E-state index >= 15 is 0 Å². The molecule has 0 bridgehead atoms. The summed E-state index contributed by atoms with van der Waals surface area (Å²) in [5.74, 6) is -0.238. The number of nitrogens with one attached hydrogen (secondary N) is 1. The standard InChI is InChI=1S/C23H29ClN2O2/c1-5-21(23(28)25-16(2)3)26(15-18-10-8-9-17(4)13-18)22(27)14-19-11-6-7-12-20(19)24/h6-13,16,21H,5,14-15H2,1-4H3,(H,25,28). The predicted molar refractivity (Wildman–Crippen MR) is 114 cm³/mol. The number of nitrogens with zero attached hydrogens (tertiary/aromatic N) is 1. The third-order valence-corrected chi connectivity index (χ3v) is 4.92. The quantitative estimate of drug-likeness (QED) is 0.708. The molecule has 1 N–H and O–H groups in total. The van der Waals surface area contributed by atoms with E-state index in [9.17, 15) is 9.59 Å². The summed E-state index contributed by atoms with van der Waals surface area (Å²) in [5.41, 5.74) is 2.89. The van der Waals surface area contributed by atoms with E-state index in [1.807, 2.05) is 70.2 Å². The van der Waals surface area contributed by atoms with E-state index < -0.39 is 6.04 Å². The molecule has 0 aliphatic rings. The van der Waals surface area contributed by atoms with Crippen LogP contribution in [0.3, 0.4) is 0 Å². The molecule has 2 aromatic rings. The van der Waals surface area contributed by atoms with Crippen molar-refractivity contribution >= 4 is 23.4 Å². The minimum absolute atomic E-state index is 0.0149. The molecule has 2 rings (SSSR count). The first-order valence-electron chi connectivity index (χ1n) is 9.70. The largest absolute Gasteiger partial charge is 0.352 e. The second-order valence-corrected chi connectivity index (χ2v) is 7.77. The lowest BCUT2D eigenvalue weighted by Gasteiger charge is -2.31. The van der Waals surface area contributed by atoms with Gasteiger partial charge in [-0.1, -0.05) is 66.6 Å². The van der Waals surface area contributed by atoms with E-state index in [1.165, 1.54) is 0 Å². The van der Waals surface area contributed by atoms with Gasteiger partial charge >= 0.3 is 0 Å². The third-order valence-electron chi connectivity index (χ3n) is 4.55. The summed E-state index contributed by atoms with van der Waals surface area (Å²) in [7, 11) is 0. The van der Waals surface area contributed by atoms with Crippen molar-refractivity contribution in [3.63, 3.8) is 0 Å². The maximum Gasteiger partial charge on any atom is 0.243 e. The number of rotatable bonds is 8. The lowest BCUT2D eigenvalue weighted by molar-refractivity contribution is -0.141. The molecule has 0 fully saturated rings. The molecule has 4 nitrogen and oxygen atoms in total. The van der Waals surface area contributed by atoms with Crippen LogP contribution >= 0.6 is 11.6 Å². The van der Waals surface area contributed by atoms with Crippen molar-refractivity contribution in [2.45, 2.75) is 59.2 Å². The first kappa shape index (κ1) is 22.0. The van der Waals surface area contributed by atoms with Crippen LogP contribution in [0.2, 0.25) is 5.02 Å². The average Bonchev–Trinajstić information content (AvgIpc) is 2.63. The van der Waals surface area contributed by atoms with Crippen molar-refractivity contribution in [2.24, 2.45) is 0 Å². The van der Waals surface area contributed by atoms with Gasteiger partial charge in [0.25, 0.3) is 0 Å². The van der Waals surface area contributed by atoms with Gasteiger partial charge in [-0.3, -0.25) is 9.59 Å². The van der Waals surface area contributed by atoms with Gasteiger partial charge in [0.1, 0.15) is 6.04 Å². The summed E-state index contributed by atoms with van der Waals surface area (Å²) >= 11 is 6.25. The van der Waals surface area contributed by atoms with Crippen molar-refractivity contribution in [1.29, 1.82) is 0 Å². The topological polar surface area (TPSA) is 49.4 Å². The summed E-state index contributed by atoms with van der Waals surface area (Å²) in [6.07, 6.45) is 0.704. The molecule has 1 atom stereocenters. The van der Waals surface area contributed by atoms with Gasteiger partial charge in [-0.2, -0.15) is 0 Å². The molecule has 0 aromatic heterocycles. The van der Waals surface area contributed by atoms with Crippen LogP contribution in [-0.4, -0.2) is 28.8 Å². The van der Waals surface area contributed by atoms with Crippen LogP contribution in [0.1, 0.15) is 43.9 Å². The molecule has 0 spiro atoms. The van der Waals surface area contributed by atoms with Crippen molar-refractivity contribution in [2.75, 3.05) is 0 Å². The van der Waals surface area contributed by atoms with Crippen LogP contribution in [0.4, 0.5) is 0 Å². The van der Waals surface area contributed by atoms with Crippen LogP contribution in [0.5, 0.6) is 0 Å². The van der Waals surface area contributed by atoms with E-state index in [4.69, 9.17) is 11.6 Å². The monoisotopic (exact) mass is 400 g/mol. The van der Waals surface area contributed by atoms with E-state index in [2.05, 4.69) is 5.32 Å². The first-order chi connectivity index (χ1) is 13.3. The van der Waals surface area contributed by atoms with Gasteiger partial charge in [-0.15, -0.1) is 0 Å². The molecule has 0 saturated carbocycles. The number of amides is 2. The zero-order valence-electron chi connectivity index (χ0n) is 17.0. The van der Waals surface area contributed by atoms with Crippen LogP contribution in [0.25, 0.3) is 0 Å². The number of carbonyl (C=O) groups excluding carboxylic acids is 2. The molecule has 2 aromatic carbocycles. The fourth-order valence-corrected chi connectivity index (χ4v) is 3.42. The van der Waals surface area contributed by atoms with E-state index in [1.54, 1.807) is 11.0 Å². The maximum absolute atomic E-state index is 13.2. The molecule has 0 radical (unpaired) electrons. The molecular weight excluding hydrogens is 372 g/mol. The van der Waals surface area contributed by atoms with Gasteiger partial charge in [-0.05, 0) is 44.4 Å². The smallest absolute Gasteiger partial charge is 0.243 e. The molecule has 0 aliphatic heterocycles. The summed E-state index contributed by atoms with van der Waals surface area (Å²) in [5, 5.41) is 3.50. The number of hydrogen-bond acceptors (Lipinski definition) is 2. The Morgan fingerprint density at radius 3 is 2.43 bits per heavy atom. The Balaban J connectivity index is 2.32. The van der Waals surface area contributed by atoms with Crippen LogP contribution in [-0.2, 0) is 22.6 Å². The van der Waals surface area contributed by atoms with Crippen molar-refractivity contribution in [1.82, 2.24) is 10.2 Å². The molecule has 5 heteroatoms. The second-order valence-electron chi connectivity index (χ2n) is 7.37. The zero-order chi connectivity index (χ0) is 20.7. The minimum Gasteiger partial charge on any atom is -0.352 e. The Labute approximate surface area is 172 Å². The number of halogens is 1. The van der Waals surface area contributed by atoms with Gasteiger partial charge in [0.05, 0.1) is 6.42 Å². The van der Waals surface area contributed by atoms with Crippen molar-refractivity contribution in [3.8, 4) is 0 Å². The highest BCUT2D eigenvalue weighted by molar-refractivity contribution is 6.31. The molecule has 0 saturated heterocycles. The van der Waals surface area contributed by atoms with Gasteiger partial charge in [0, 0.05) is 17.6 Å². The Bertz CT molecular complexity index is 820. The van der Waals surface area contributed by atoms with Crippen molar-refractivity contribution in [3.05, 3.63) is 70.2 Å². The van der Waals surface area contributed by atoms with E-state index in [-0.39, 0.29) is 24.3 Å². The van der Waals surface area contributed by atoms with Crippen LogP contribution < -0.4 is 5.32 Å². The van der Waals surface area contributed by atoms with Gasteiger partial charge in [0.15, 0.2) is 0 Å². The zero-order valence-corrected chi connectivity index (χ0v) is 17.8. The minimum atomic E-state index is -0.530. The number of carbonyl (C=O) groups is 2. The molecule has 28 heavy (non-hydrogen) atoms. The molecule has 0 aliphatic carbocycles. The highest BCUT2D eigenvalue weighted by Crippen LogP contribution is 2.19. The number of benzene rings is 2. The number of aryl methyl sites for hydroxylation is 1. The molecule has 1 unspecified atom stereocenters. The SMILES string of the molecule is CCC(C(=O)NC(C)C)N(Cc1cccc(C)c1)C(=O)Cc1ccccc1Cl. The molecule has 0 heterocycles. The highest BCUT2D eigenvalue weighted by atomic mass is 35.5. The Hall–Kier alpha value is -2.33. The third kappa shape index (κ3) is 6.10. The van der Waals surface area contributed by atoms with E-state index in [0.717, 1.165) is 16.7 Å². The summed E-state index contributed by atoms with van der Waals surface area (Å²) in [4.78, 5) is 27.7.